The molecule has 1 N–H and O–H groups in total. The second kappa shape index (κ2) is 9.18. The second-order valence-corrected chi connectivity index (χ2v) is 9.73. The summed E-state index contributed by atoms with van der Waals surface area (Å²) in [6.45, 7) is 1.92. The average molecular weight is 462 g/mol. The van der Waals surface area contributed by atoms with Crippen LogP contribution in [0.3, 0.4) is 0 Å². The number of ether oxygens (including phenoxy) is 1. The van der Waals surface area contributed by atoms with Crippen molar-refractivity contribution in [1.29, 1.82) is 0 Å². The molecule has 1 heterocycles. The van der Waals surface area contributed by atoms with E-state index in [0.717, 1.165) is 48.2 Å². The van der Waals surface area contributed by atoms with Gasteiger partial charge in [-0.3, -0.25) is 4.79 Å². The van der Waals surface area contributed by atoms with Crippen LogP contribution in [0.1, 0.15) is 68.4 Å². The molecular weight excluding hydrogens is 434 g/mol. The number of halogens is 1. The summed E-state index contributed by atoms with van der Waals surface area (Å²) in [7, 11) is 0. The van der Waals surface area contributed by atoms with Crippen LogP contribution < -0.4 is 5.32 Å². The van der Waals surface area contributed by atoms with Crippen LogP contribution in [0.5, 0.6) is 0 Å². The molecule has 5 rings (SSSR count). The smallest absolute Gasteiger partial charge is 0.337 e. The van der Waals surface area contributed by atoms with Crippen LogP contribution in [-0.4, -0.2) is 17.9 Å². The minimum atomic E-state index is -0.407. The number of hydrogen-bond acceptors (Lipinski definition) is 4. The lowest BCUT2D eigenvalue weighted by atomic mass is 9.72. The van der Waals surface area contributed by atoms with Crippen molar-refractivity contribution in [2.45, 2.75) is 63.4 Å². The summed E-state index contributed by atoms with van der Waals surface area (Å²) in [5.41, 5.74) is 5.00. The van der Waals surface area contributed by atoms with Crippen molar-refractivity contribution in [2.75, 3.05) is 0 Å². The number of nitrogens with one attached hydrogen (secondary N) is 1. The van der Waals surface area contributed by atoms with Crippen molar-refractivity contribution in [1.82, 2.24) is 5.32 Å². The molecule has 3 aliphatic rings. The molecule has 2 aromatic carbocycles. The van der Waals surface area contributed by atoms with Gasteiger partial charge in [-0.25, -0.2) is 4.79 Å². The van der Waals surface area contributed by atoms with Crippen LogP contribution in [0.25, 0.3) is 0 Å². The van der Waals surface area contributed by atoms with Crippen LogP contribution >= 0.6 is 11.6 Å². The highest BCUT2D eigenvalue weighted by Crippen LogP contribution is 2.46. The maximum absolute atomic E-state index is 13.6. The van der Waals surface area contributed by atoms with Crippen molar-refractivity contribution in [3.8, 4) is 0 Å². The van der Waals surface area contributed by atoms with Crippen molar-refractivity contribution < 1.29 is 14.3 Å². The maximum atomic E-state index is 13.6. The van der Waals surface area contributed by atoms with Gasteiger partial charge in [-0.05, 0) is 68.2 Å². The van der Waals surface area contributed by atoms with E-state index in [1.54, 1.807) is 0 Å². The van der Waals surface area contributed by atoms with Gasteiger partial charge in [-0.15, -0.1) is 0 Å². The minimum Gasteiger partial charge on any atom is -0.459 e. The molecule has 1 aliphatic heterocycles. The van der Waals surface area contributed by atoms with E-state index in [1.807, 2.05) is 61.5 Å². The highest BCUT2D eigenvalue weighted by Gasteiger charge is 2.41. The molecule has 2 atom stereocenters. The maximum Gasteiger partial charge on any atom is 0.337 e. The Morgan fingerprint density at radius 3 is 2.36 bits per heavy atom. The molecule has 1 fully saturated rings. The number of dihydropyridines is 1. The number of esters is 1. The van der Waals surface area contributed by atoms with E-state index in [1.165, 1.54) is 0 Å². The molecule has 0 spiro atoms. The third-order valence-electron chi connectivity index (χ3n) is 7.10. The molecule has 170 valence electrons. The number of hydrogen-bond donors (Lipinski definition) is 1. The lowest BCUT2D eigenvalue weighted by molar-refractivity contribution is -0.144. The predicted molar refractivity (Wildman–Crippen MR) is 129 cm³/mol. The van der Waals surface area contributed by atoms with Gasteiger partial charge in [-0.1, -0.05) is 54.1 Å². The zero-order valence-electron chi connectivity index (χ0n) is 18.8. The van der Waals surface area contributed by atoms with E-state index in [9.17, 15) is 9.59 Å². The van der Waals surface area contributed by atoms with Gasteiger partial charge < -0.3 is 10.1 Å². The first-order chi connectivity index (χ1) is 16.0. The van der Waals surface area contributed by atoms with Gasteiger partial charge in [0.15, 0.2) is 5.78 Å². The Kier molecular flexibility index (Phi) is 6.11. The van der Waals surface area contributed by atoms with Gasteiger partial charge in [0.05, 0.1) is 5.57 Å². The van der Waals surface area contributed by atoms with Gasteiger partial charge in [0.25, 0.3) is 0 Å². The fourth-order valence-electron chi connectivity index (χ4n) is 5.48. The molecule has 0 amide bonds. The Balaban J connectivity index is 1.52. The van der Waals surface area contributed by atoms with Gasteiger partial charge in [0.2, 0.25) is 0 Å². The molecule has 1 saturated carbocycles. The topological polar surface area (TPSA) is 55.4 Å². The summed E-state index contributed by atoms with van der Waals surface area (Å²) in [4.78, 5) is 27.0. The van der Waals surface area contributed by atoms with E-state index in [4.69, 9.17) is 16.3 Å². The highest BCUT2D eigenvalue weighted by molar-refractivity contribution is 6.30. The van der Waals surface area contributed by atoms with Crippen LogP contribution in [0.15, 0.2) is 77.1 Å². The van der Waals surface area contributed by atoms with E-state index in [2.05, 4.69) is 5.32 Å². The van der Waals surface area contributed by atoms with Crippen molar-refractivity contribution >= 4 is 23.4 Å². The Morgan fingerprint density at radius 1 is 0.970 bits per heavy atom. The summed E-state index contributed by atoms with van der Waals surface area (Å²) in [6, 6.07) is 17.6. The van der Waals surface area contributed by atoms with Crippen LogP contribution in [0, 0.1) is 0 Å². The average Bonchev–Trinajstić information content (AvgIpc) is 3.32. The Morgan fingerprint density at radius 2 is 1.67 bits per heavy atom. The lowest BCUT2D eigenvalue weighted by Crippen LogP contribution is -2.36. The fraction of sp³-hybridized carbons (Fsp3) is 0.357. The number of benzene rings is 2. The summed E-state index contributed by atoms with van der Waals surface area (Å²) < 4.78 is 5.91. The Bertz CT molecular complexity index is 1130. The standard InChI is InChI=1S/C28H28ClNO3/c1-17-25(28(32)33-22-9-5-6-10-22)26(19-7-3-2-4-8-19)27-23(30-17)15-20(16-24(27)31)18-11-13-21(29)14-12-18/h2-4,7-8,11-14,20,22,26,30H,5-6,9-10,15-16H2,1H3/t20-,26-/m1/s1. The van der Waals surface area contributed by atoms with Gasteiger partial charge in [-0.2, -0.15) is 0 Å². The summed E-state index contributed by atoms with van der Waals surface area (Å²) in [6.07, 6.45) is 5.12. The molecule has 0 saturated heterocycles. The Labute approximate surface area is 199 Å². The first-order valence-electron chi connectivity index (χ1n) is 11.8. The molecule has 0 bridgehead atoms. The minimum absolute atomic E-state index is 0.0269. The molecule has 5 heteroatoms. The van der Waals surface area contributed by atoms with Crippen LogP contribution in [-0.2, 0) is 14.3 Å². The molecule has 2 aliphatic carbocycles. The van der Waals surface area contributed by atoms with Crippen molar-refractivity contribution in [2.24, 2.45) is 0 Å². The largest absolute Gasteiger partial charge is 0.459 e. The second-order valence-electron chi connectivity index (χ2n) is 9.29. The monoisotopic (exact) mass is 461 g/mol. The molecule has 4 nitrogen and oxygen atoms in total. The van der Waals surface area contributed by atoms with Gasteiger partial charge in [0.1, 0.15) is 6.10 Å². The normalized spacial score (nSPS) is 23.4. The zero-order chi connectivity index (χ0) is 22.9. The van der Waals surface area contributed by atoms with Crippen LogP contribution in [0.2, 0.25) is 5.02 Å². The zero-order valence-corrected chi connectivity index (χ0v) is 19.5. The summed E-state index contributed by atoms with van der Waals surface area (Å²) >= 11 is 6.06. The first kappa shape index (κ1) is 22.0. The van der Waals surface area contributed by atoms with Crippen molar-refractivity contribution in [3.63, 3.8) is 0 Å². The van der Waals surface area contributed by atoms with E-state index in [0.29, 0.717) is 29.0 Å². The first-order valence-corrected chi connectivity index (χ1v) is 12.1. The lowest BCUT2D eigenvalue weighted by Gasteiger charge is -2.37. The predicted octanol–water partition coefficient (Wildman–Crippen LogP) is 6.19. The van der Waals surface area contributed by atoms with E-state index >= 15 is 0 Å². The molecule has 0 aromatic heterocycles. The number of rotatable bonds is 4. The fourth-order valence-corrected chi connectivity index (χ4v) is 5.61. The third-order valence-corrected chi connectivity index (χ3v) is 7.35. The number of carbonyl (C=O) groups excluding carboxylic acids is 2. The molecule has 2 aromatic rings. The van der Waals surface area contributed by atoms with Crippen molar-refractivity contribution in [3.05, 3.63) is 93.3 Å². The highest BCUT2D eigenvalue weighted by atomic mass is 35.5. The van der Waals surface area contributed by atoms with Gasteiger partial charge >= 0.3 is 5.97 Å². The third kappa shape index (κ3) is 4.37. The molecular formula is C28H28ClNO3. The number of Topliss-reactive ketones (excluding diaryl/α,β-unsaturated/α-hetero) is 1. The number of allylic oxidation sites excluding steroid dienone is 3. The number of ketones is 1. The van der Waals surface area contributed by atoms with E-state index in [-0.39, 0.29) is 23.8 Å². The molecule has 33 heavy (non-hydrogen) atoms. The Hall–Kier alpha value is -2.85. The SMILES string of the molecule is CC1=C(C(=O)OC2CCCC2)[C@@H](c2ccccc2)C2=C(C[C@@H](c3ccc(Cl)cc3)CC2=O)N1. The molecule has 0 unspecified atom stereocenters. The number of carbonyl (C=O) groups is 2. The van der Waals surface area contributed by atoms with Crippen LogP contribution in [0.4, 0.5) is 0 Å². The quantitative estimate of drug-likeness (QED) is 0.552. The summed E-state index contributed by atoms with van der Waals surface area (Å²) in [5.74, 6) is -0.552. The van der Waals surface area contributed by atoms with Gasteiger partial charge in [0, 0.05) is 34.3 Å². The van der Waals surface area contributed by atoms with E-state index < -0.39 is 5.92 Å². The summed E-state index contributed by atoms with van der Waals surface area (Å²) in [5, 5.41) is 4.11. The molecule has 0 radical (unpaired) electrons.